The third-order valence-corrected chi connectivity index (χ3v) is 4.64. The van der Waals surface area contributed by atoms with Gasteiger partial charge >= 0.3 is 0 Å². The number of nitrogens with zero attached hydrogens (tertiary/aromatic N) is 2. The minimum absolute atomic E-state index is 0.193. The van der Waals surface area contributed by atoms with Crippen LogP contribution in [0, 0.1) is 19.7 Å². The summed E-state index contributed by atoms with van der Waals surface area (Å²) < 4.78 is 15.5. The van der Waals surface area contributed by atoms with Crippen LogP contribution in [0.5, 0.6) is 0 Å². The van der Waals surface area contributed by atoms with Crippen LogP contribution in [-0.4, -0.2) is 14.9 Å². The lowest BCUT2D eigenvalue weighted by Gasteiger charge is -2.20. The summed E-state index contributed by atoms with van der Waals surface area (Å²) in [6.07, 6.45) is 1.66. The summed E-state index contributed by atoms with van der Waals surface area (Å²) in [6, 6.07) is 9.99. The Bertz CT molecular complexity index is 791. The fraction of sp³-hybridized carbons (Fsp3) is 0.125. The molecular formula is C16H13FN2OS2. The van der Waals surface area contributed by atoms with Crippen molar-refractivity contribution in [3.63, 3.8) is 0 Å². The molecule has 0 bridgehead atoms. The number of thiocarbonyl (C=S) groups is 1. The lowest BCUT2D eigenvalue weighted by molar-refractivity contribution is -0.114. The molecule has 112 valence electrons. The van der Waals surface area contributed by atoms with E-state index in [1.165, 1.54) is 28.9 Å². The fourth-order valence-electron chi connectivity index (χ4n) is 2.36. The molecule has 22 heavy (non-hydrogen) atoms. The van der Waals surface area contributed by atoms with Crippen LogP contribution in [0.25, 0.3) is 6.08 Å². The van der Waals surface area contributed by atoms with Crippen LogP contribution in [0.15, 0.2) is 41.3 Å². The number of halogens is 1. The average molecular weight is 332 g/mol. The van der Waals surface area contributed by atoms with Gasteiger partial charge in [0.15, 0.2) is 4.32 Å². The van der Waals surface area contributed by atoms with E-state index in [4.69, 9.17) is 12.2 Å². The van der Waals surface area contributed by atoms with E-state index in [9.17, 15) is 9.18 Å². The molecule has 1 fully saturated rings. The van der Waals surface area contributed by atoms with E-state index in [1.54, 1.807) is 22.9 Å². The monoisotopic (exact) mass is 332 g/mol. The molecule has 3 rings (SSSR count). The number of aryl methyl sites for hydroxylation is 2. The molecule has 0 unspecified atom stereocenters. The Balaban J connectivity index is 1.99. The Morgan fingerprint density at radius 1 is 1.18 bits per heavy atom. The zero-order valence-corrected chi connectivity index (χ0v) is 13.7. The molecule has 1 aliphatic heterocycles. The predicted molar refractivity (Wildman–Crippen MR) is 91.7 cm³/mol. The van der Waals surface area contributed by atoms with E-state index in [1.807, 2.05) is 26.0 Å². The summed E-state index contributed by atoms with van der Waals surface area (Å²) in [6.45, 7) is 3.84. The van der Waals surface area contributed by atoms with Crippen LogP contribution in [0.3, 0.4) is 0 Å². The molecule has 0 saturated carbocycles. The van der Waals surface area contributed by atoms with Gasteiger partial charge in [0.2, 0.25) is 0 Å². The molecule has 1 aromatic carbocycles. The van der Waals surface area contributed by atoms with E-state index >= 15 is 0 Å². The molecule has 1 amide bonds. The summed E-state index contributed by atoms with van der Waals surface area (Å²) >= 11 is 6.56. The quantitative estimate of drug-likeness (QED) is 0.618. The maximum atomic E-state index is 13.3. The van der Waals surface area contributed by atoms with Gasteiger partial charge < -0.3 is 0 Å². The Labute approximate surface area is 137 Å². The highest BCUT2D eigenvalue weighted by Crippen LogP contribution is 2.32. The zero-order valence-electron chi connectivity index (χ0n) is 12.0. The Morgan fingerprint density at radius 2 is 1.86 bits per heavy atom. The third-order valence-electron chi connectivity index (χ3n) is 3.35. The molecule has 0 aliphatic carbocycles. The van der Waals surface area contributed by atoms with Crippen LogP contribution < -0.4 is 5.01 Å². The second-order valence-corrected chi connectivity index (χ2v) is 6.65. The summed E-state index contributed by atoms with van der Waals surface area (Å²) in [7, 11) is 0. The molecule has 1 aliphatic rings. The second-order valence-electron chi connectivity index (χ2n) is 4.98. The lowest BCUT2D eigenvalue weighted by Crippen LogP contribution is -2.39. The van der Waals surface area contributed by atoms with Gasteiger partial charge in [-0.25, -0.2) is 4.39 Å². The maximum absolute atomic E-state index is 13.3. The number of thioether (sulfide) groups is 1. The molecule has 2 heterocycles. The number of rotatable bonds is 2. The Morgan fingerprint density at radius 3 is 2.50 bits per heavy atom. The van der Waals surface area contributed by atoms with Crippen molar-refractivity contribution in [2.45, 2.75) is 13.8 Å². The molecule has 3 nitrogen and oxygen atoms in total. The molecular weight excluding hydrogens is 319 g/mol. The molecule has 0 atom stereocenters. The van der Waals surface area contributed by atoms with E-state index in [0.29, 0.717) is 14.8 Å². The van der Waals surface area contributed by atoms with Gasteiger partial charge in [-0.3, -0.25) is 9.47 Å². The molecule has 0 radical (unpaired) electrons. The first kappa shape index (κ1) is 15.0. The van der Waals surface area contributed by atoms with Gasteiger partial charge in [-0.2, -0.15) is 5.01 Å². The number of hydrogen-bond acceptors (Lipinski definition) is 3. The number of carbonyl (C=O) groups excluding carboxylic acids is 1. The molecule has 0 N–H and O–H groups in total. The van der Waals surface area contributed by atoms with Crippen molar-refractivity contribution in [2.75, 3.05) is 5.01 Å². The number of carbonyl (C=O) groups is 1. The molecule has 1 saturated heterocycles. The van der Waals surface area contributed by atoms with Crippen LogP contribution >= 0.6 is 24.0 Å². The van der Waals surface area contributed by atoms with Crippen molar-refractivity contribution in [3.8, 4) is 0 Å². The normalized spacial score (nSPS) is 16.9. The first-order valence-electron chi connectivity index (χ1n) is 6.66. The third kappa shape index (κ3) is 2.60. The molecule has 0 spiro atoms. The summed E-state index contributed by atoms with van der Waals surface area (Å²) in [5.41, 5.74) is 2.50. The minimum Gasteiger partial charge on any atom is -0.266 e. The largest absolute Gasteiger partial charge is 0.285 e. The molecule has 6 heteroatoms. The van der Waals surface area contributed by atoms with Gasteiger partial charge in [0.05, 0.1) is 4.91 Å². The van der Waals surface area contributed by atoms with Crippen LogP contribution in [-0.2, 0) is 4.79 Å². The van der Waals surface area contributed by atoms with Crippen molar-refractivity contribution >= 4 is 40.3 Å². The standard InChI is InChI=1S/C16H13FN2OS2/c1-10-6-7-11(2)18(10)19-15(20)14(22-16(19)21)9-12-4-3-5-13(17)8-12/h3-9H,1-2H3/b14-9+. The van der Waals surface area contributed by atoms with Crippen molar-refractivity contribution in [1.29, 1.82) is 0 Å². The van der Waals surface area contributed by atoms with Gasteiger partial charge in [-0.1, -0.05) is 23.9 Å². The van der Waals surface area contributed by atoms with Crippen molar-refractivity contribution in [1.82, 2.24) is 4.68 Å². The van der Waals surface area contributed by atoms with Crippen molar-refractivity contribution in [2.24, 2.45) is 0 Å². The van der Waals surface area contributed by atoms with Crippen molar-refractivity contribution < 1.29 is 9.18 Å². The SMILES string of the molecule is Cc1ccc(C)n1N1C(=O)/C(=C\c2cccc(F)c2)SC1=S. The first-order chi connectivity index (χ1) is 10.5. The fourth-order valence-corrected chi connectivity index (χ4v) is 3.60. The smallest absolute Gasteiger partial charge is 0.266 e. The van der Waals surface area contributed by atoms with Gasteiger partial charge in [-0.05, 0) is 62.0 Å². The number of aromatic nitrogens is 1. The molecule has 1 aromatic heterocycles. The lowest BCUT2D eigenvalue weighted by atomic mass is 10.2. The maximum Gasteiger partial charge on any atom is 0.285 e. The first-order valence-corrected chi connectivity index (χ1v) is 7.88. The highest BCUT2D eigenvalue weighted by molar-refractivity contribution is 8.27. The van der Waals surface area contributed by atoms with Crippen LogP contribution in [0.2, 0.25) is 0 Å². The summed E-state index contributed by atoms with van der Waals surface area (Å²) in [5, 5.41) is 1.48. The number of amides is 1. The average Bonchev–Trinajstić information content (AvgIpc) is 2.91. The van der Waals surface area contributed by atoms with Gasteiger partial charge in [0, 0.05) is 11.4 Å². The topological polar surface area (TPSA) is 25.2 Å². The Kier molecular flexibility index (Phi) is 3.88. The van der Waals surface area contributed by atoms with Crippen molar-refractivity contribution in [3.05, 3.63) is 64.1 Å². The highest BCUT2D eigenvalue weighted by Gasteiger charge is 2.34. The predicted octanol–water partition coefficient (Wildman–Crippen LogP) is 3.78. The van der Waals surface area contributed by atoms with Gasteiger partial charge in [-0.15, -0.1) is 0 Å². The van der Waals surface area contributed by atoms with Crippen LogP contribution in [0.1, 0.15) is 17.0 Å². The molecule has 2 aromatic rings. The van der Waals surface area contributed by atoms with E-state index in [2.05, 4.69) is 0 Å². The minimum atomic E-state index is -0.332. The van der Waals surface area contributed by atoms with E-state index in [-0.39, 0.29) is 11.7 Å². The Hall–Kier alpha value is -1.92. The highest BCUT2D eigenvalue weighted by atomic mass is 32.2. The van der Waals surface area contributed by atoms with Gasteiger partial charge in [0.1, 0.15) is 5.82 Å². The van der Waals surface area contributed by atoms with E-state index < -0.39 is 0 Å². The van der Waals surface area contributed by atoms with Crippen LogP contribution in [0.4, 0.5) is 4.39 Å². The summed E-state index contributed by atoms with van der Waals surface area (Å²) in [4.78, 5) is 13.1. The summed E-state index contributed by atoms with van der Waals surface area (Å²) in [5.74, 6) is -0.525. The van der Waals surface area contributed by atoms with E-state index in [0.717, 1.165) is 11.4 Å². The number of hydrogen-bond donors (Lipinski definition) is 0. The number of benzene rings is 1. The van der Waals surface area contributed by atoms with Gasteiger partial charge in [0.25, 0.3) is 5.91 Å². The zero-order chi connectivity index (χ0) is 15.9. The second kappa shape index (κ2) is 5.70.